The predicted molar refractivity (Wildman–Crippen MR) is 58.6 cm³/mol. The summed E-state index contributed by atoms with van der Waals surface area (Å²) in [5, 5.41) is 0. The monoisotopic (exact) mass is 209 g/mol. The molecule has 1 aromatic rings. The molecule has 1 rings (SSSR count). The number of allylic oxidation sites excluding steroid dienone is 1. The summed E-state index contributed by atoms with van der Waals surface area (Å²) in [6, 6.07) is 1.82. The van der Waals surface area contributed by atoms with Crippen LogP contribution in [0, 0.1) is 0 Å². The molecule has 14 heavy (non-hydrogen) atoms. The summed E-state index contributed by atoms with van der Waals surface area (Å²) in [6.45, 7) is 1.53. The van der Waals surface area contributed by atoms with Crippen LogP contribution in [0.4, 0.5) is 0 Å². The maximum absolute atomic E-state index is 11.0. The fraction of sp³-hybridized carbons (Fsp3) is 0.273. The Morgan fingerprint density at radius 3 is 3.00 bits per heavy atom. The second kappa shape index (κ2) is 5.55. The molecule has 74 valence electrons. The zero-order chi connectivity index (χ0) is 10.4. The number of nitrogens with zero attached hydrogens (tertiary/aromatic N) is 1. The van der Waals surface area contributed by atoms with E-state index in [1.807, 2.05) is 18.2 Å². The van der Waals surface area contributed by atoms with Gasteiger partial charge in [-0.3, -0.25) is 9.78 Å². The first kappa shape index (κ1) is 10.9. The third kappa shape index (κ3) is 3.30. The van der Waals surface area contributed by atoms with Crippen molar-refractivity contribution in [2.75, 3.05) is 5.88 Å². The molecule has 0 atom stereocenters. The summed E-state index contributed by atoms with van der Waals surface area (Å²) in [5.41, 5.74) is 1.57. The van der Waals surface area contributed by atoms with Crippen molar-refractivity contribution in [1.82, 2.24) is 4.98 Å². The summed E-state index contributed by atoms with van der Waals surface area (Å²) < 4.78 is 0. The second-order valence-corrected chi connectivity index (χ2v) is 3.32. The molecule has 0 spiro atoms. The minimum absolute atomic E-state index is 0.0325. The molecule has 0 N–H and O–H groups in total. The number of carbonyl (C=O) groups is 1. The van der Waals surface area contributed by atoms with Crippen molar-refractivity contribution in [3.8, 4) is 0 Å². The molecule has 3 heteroatoms. The van der Waals surface area contributed by atoms with E-state index in [4.69, 9.17) is 11.6 Å². The van der Waals surface area contributed by atoms with Crippen LogP contribution in [0.5, 0.6) is 0 Å². The second-order valence-electron chi connectivity index (χ2n) is 2.94. The maximum Gasteiger partial charge on any atom is 0.161 e. The van der Waals surface area contributed by atoms with Gasteiger partial charge in [0.2, 0.25) is 0 Å². The third-order valence-electron chi connectivity index (χ3n) is 1.75. The van der Waals surface area contributed by atoms with Gasteiger partial charge in [-0.05, 0) is 25.0 Å². The van der Waals surface area contributed by atoms with Gasteiger partial charge in [-0.25, -0.2) is 0 Å². The summed E-state index contributed by atoms with van der Waals surface area (Å²) in [4.78, 5) is 15.0. The molecule has 0 aromatic carbocycles. The van der Waals surface area contributed by atoms with E-state index in [9.17, 15) is 4.79 Å². The number of Topliss-reactive ketones (excluding diaryl/α,β-unsaturated/α-hetero) is 1. The van der Waals surface area contributed by atoms with E-state index in [-0.39, 0.29) is 5.78 Å². The van der Waals surface area contributed by atoms with Gasteiger partial charge in [-0.15, -0.1) is 11.6 Å². The average Bonchev–Trinajstić information content (AvgIpc) is 2.19. The molecule has 0 aliphatic heterocycles. The van der Waals surface area contributed by atoms with E-state index in [0.717, 1.165) is 12.0 Å². The number of carbonyl (C=O) groups excluding carboxylic acids is 1. The zero-order valence-corrected chi connectivity index (χ0v) is 8.79. The van der Waals surface area contributed by atoms with Crippen LogP contribution in [0.2, 0.25) is 0 Å². The topological polar surface area (TPSA) is 30.0 Å². The largest absolute Gasteiger partial charge is 0.294 e. The highest BCUT2D eigenvalue weighted by Gasteiger charge is 1.98. The summed E-state index contributed by atoms with van der Waals surface area (Å²) in [7, 11) is 0. The number of rotatable bonds is 4. The Hall–Kier alpha value is -1.15. The van der Waals surface area contributed by atoms with Gasteiger partial charge in [0.1, 0.15) is 0 Å². The Morgan fingerprint density at radius 2 is 2.36 bits per heavy atom. The standard InChI is InChI=1S/C11H12ClNO/c1-9(14)11-6-10(7-13-8-11)4-2-3-5-12/h2,4,6-8H,3,5H2,1H3. The first-order valence-corrected chi connectivity index (χ1v) is 4.96. The van der Waals surface area contributed by atoms with Gasteiger partial charge < -0.3 is 0 Å². The van der Waals surface area contributed by atoms with Crippen molar-refractivity contribution >= 4 is 23.5 Å². The van der Waals surface area contributed by atoms with Crippen LogP contribution in [0.3, 0.4) is 0 Å². The van der Waals surface area contributed by atoms with Crippen molar-refractivity contribution in [3.63, 3.8) is 0 Å². The number of hydrogen-bond donors (Lipinski definition) is 0. The smallest absolute Gasteiger partial charge is 0.161 e. The lowest BCUT2D eigenvalue weighted by atomic mass is 10.1. The highest BCUT2D eigenvalue weighted by molar-refractivity contribution is 6.17. The zero-order valence-electron chi connectivity index (χ0n) is 8.03. The first-order valence-electron chi connectivity index (χ1n) is 4.42. The van der Waals surface area contributed by atoms with Crippen molar-refractivity contribution in [2.24, 2.45) is 0 Å². The molecule has 0 aliphatic rings. The maximum atomic E-state index is 11.0. The molecule has 1 heterocycles. The van der Waals surface area contributed by atoms with Gasteiger partial charge in [0.25, 0.3) is 0 Å². The fourth-order valence-electron chi connectivity index (χ4n) is 1.02. The number of aromatic nitrogens is 1. The fourth-order valence-corrected chi connectivity index (χ4v) is 1.15. The Labute approximate surface area is 88.6 Å². The van der Waals surface area contributed by atoms with Gasteiger partial charge in [0, 0.05) is 23.8 Å². The van der Waals surface area contributed by atoms with Crippen LogP contribution < -0.4 is 0 Å². The Morgan fingerprint density at radius 1 is 1.57 bits per heavy atom. The van der Waals surface area contributed by atoms with Gasteiger partial charge in [-0.1, -0.05) is 12.2 Å². The predicted octanol–water partition coefficient (Wildman–Crippen LogP) is 2.93. The van der Waals surface area contributed by atoms with Crippen LogP contribution in [0.25, 0.3) is 6.08 Å². The molecule has 0 radical (unpaired) electrons. The molecule has 2 nitrogen and oxygen atoms in total. The minimum atomic E-state index is 0.0325. The number of alkyl halides is 1. The molecule has 0 saturated heterocycles. The van der Waals surface area contributed by atoms with E-state index in [2.05, 4.69) is 4.98 Å². The molecule has 0 unspecified atom stereocenters. The van der Waals surface area contributed by atoms with Gasteiger partial charge in [-0.2, -0.15) is 0 Å². The van der Waals surface area contributed by atoms with Crippen molar-refractivity contribution in [1.29, 1.82) is 0 Å². The van der Waals surface area contributed by atoms with Gasteiger partial charge in [0.15, 0.2) is 5.78 Å². The summed E-state index contributed by atoms with van der Waals surface area (Å²) in [6.07, 6.45) is 8.00. The lowest BCUT2D eigenvalue weighted by Crippen LogP contribution is -1.93. The first-order chi connectivity index (χ1) is 6.74. The summed E-state index contributed by atoms with van der Waals surface area (Å²) >= 11 is 5.53. The molecule has 0 bridgehead atoms. The highest BCUT2D eigenvalue weighted by Crippen LogP contribution is 2.06. The van der Waals surface area contributed by atoms with E-state index < -0.39 is 0 Å². The Bertz CT molecular complexity index is 347. The molecular weight excluding hydrogens is 198 g/mol. The summed E-state index contributed by atoms with van der Waals surface area (Å²) in [5.74, 6) is 0.640. The Balaban J connectivity index is 2.78. The third-order valence-corrected chi connectivity index (χ3v) is 1.97. The van der Waals surface area contributed by atoms with E-state index >= 15 is 0 Å². The van der Waals surface area contributed by atoms with Crippen molar-refractivity contribution in [3.05, 3.63) is 35.7 Å². The van der Waals surface area contributed by atoms with Crippen LogP contribution in [-0.2, 0) is 0 Å². The average molecular weight is 210 g/mol. The van der Waals surface area contributed by atoms with Crippen LogP contribution in [-0.4, -0.2) is 16.6 Å². The SMILES string of the molecule is CC(=O)c1cncc(C=CCCCl)c1. The molecule has 0 saturated carbocycles. The lowest BCUT2D eigenvalue weighted by Gasteiger charge is -1.96. The molecule has 0 aliphatic carbocycles. The number of ketones is 1. The molecule has 0 amide bonds. The van der Waals surface area contributed by atoms with Crippen LogP contribution in [0.1, 0.15) is 29.3 Å². The van der Waals surface area contributed by atoms with Crippen molar-refractivity contribution in [2.45, 2.75) is 13.3 Å². The van der Waals surface area contributed by atoms with Gasteiger partial charge >= 0.3 is 0 Å². The highest BCUT2D eigenvalue weighted by atomic mass is 35.5. The van der Waals surface area contributed by atoms with Gasteiger partial charge in [0.05, 0.1) is 0 Å². The van der Waals surface area contributed by atoms with Crippen LogP contribution in [0.15, 0.2) is 24.5 Å². The molecular formula is C11H12ClNO. The minimum Gasteiger partial charge on any atom is -0.294 e. The number of hydrogen-bond acceptors (Lipinski definition) is 2. The normalized spacial score (nSPS) is 10.7. The van der Waals surface area contributed by atoms with E-state index in [0.29, 0.717) is 11.4 Å². The van der Waals surface area contributed by atoms with E-state index in [1.54, 1.807) is 12.4 Å². The number of pyridine rings is 1. The quantitative estimate of drug-likeness (QED) is 0.564. The lowest BCUT2D eigenvalue weighted by molar-refractivity contribution is 0.101. The van der Waals surface area contributed by atoms with Crippen molar-refractivity contribution < 1.29 is 4.79 Å². The molecule has 0 fully saturated rings. The molecule has 1 aromatic heterocycles. The van der Waals surface area contributed by atoms with E-state index in [1.165, 1.54) is 6.92 Å². The Kier molecular flexibility index (Phi) is 4.33. The number of halogens is 1. The van der Waals surface area contributed by atoms with Crippen LogP contribution >= 0.6 is 11.6 Å².